The van der Waals surface area contributed by atoms with Crippen LogP contribution in [0.2, 0.25) is 0 Å². The number of esters is 4. The molecule has 0 spiro atoms. The molecule has 0 radical (unpaired) electrons. The van der Waals surface area contributed by atoms with Gasteiger partial charge in [0.25, 0.3) is 0 Å². The lowest BCUT2D eigenvalue weighted by Gasteiger charge is -2.21. The normalized spacial score (nSPS) is 13.9. The zero-order chi connectivity index (χ0) is 73.5. The molecule has 594 valence electrons. The van der Waals surface area contributed by atoms with E-state index in [1.807, 2.05) is 0 Å². The number of aliphatic hydroxyl groups is 1. The van der Waals surface area contributed by atoms with Gasteiger partial charge < -0.3 is 33.8 Å². The van der Waals surface area contributed by atoms with Crippen LogP contribution in [0, 0.1) is 11.8 Å². The zero-order valence-corrected chi connectivity index (χ0v) is 67.3. The molecule has 0 amide bonds. The maximum atomic E-state index is 13.1. The van der Waals surface area contributed by atoms with Crippen molar-refractivity contribution in [1.82, 2.24) is 0 Å². The SMILES string of the molecule is CCCCCCCCCCCCCCCCCCCCCC(=O)O[C@H](COC(=O)CCCCCCCCCCCCCCCCC(C)C)COP(=O)(O)OC[C@@H](O)COP(=O)(O)OC[C@@H](COC(=O)CCCCCCCCCCCC)OC(=O)CCCCCCCCCCCCCC(C)C. The van der Waals surface area contributed by atoms with Gasteiger partial charge in [-0.2, -0.15) is 0 Å². The lowest BCUT2D eigenvalue weighted by Crippen LogP contribution is -2.30. The third-order valence-corrected chi connectivity index (χ3v) is 20.9. The van der Waals surface area contributed by atoms with Crippen LogP contribution >= 0.6 is 15.6 Å². The van der Waals surface area contributed by atoms with E-state index in [9.17, 15) is 43.2 Å². The summed E-state index contributed by atoms with van der Waals surface area (Å²) >= 11 is 0. The molecule has 0 aromatic heterocycles. The van der Waals surface area contributed by atoms with Gasteiger partial charge in [0.2, 0.25) is 0 Å². The van der Waals surface area contributed by atoms with Crippen LogP contribution in [0.4, 0.5) is 0 Å². The monoisotopic (exact) mass is 1470 g/mol. The van der Waals surface area contributed by atoms with Crippen LogP contribution < -0.4 is 0 Å². The van der Waals surface area contributed by atoms with E-state index in [4.69, 9.17) is 37.0 Å². The minimum atomic E-state index is -4.96. The number of aliphatic hydroxyl groups excluding tert-OH is 1. The minimum absolute atomic E-state index is 0.107. The van der Waals surface area contributed by atoms with E-state index in [-0.39, 0.29) is 25.7 Å². The number of carbonyl (C=O) groups excluding carboxylic acids is 4. The Morgan fingerprint density at radius 1 is 0.270 bits per heavy atom. The van der Waals surface area contributed by atoms with Crippen molar-refractivity contribution in [2.45, 2.75) is 445 Å². The third kappa shape index (κ3) is 74.3. The van der Waals surface area contributed by atoms with Gasteiger partial charge in [-0.15, -0.1) is 0 Å². The van der Waals surface area contributed by atoms with Crippen LogP contribution in [-0.4, -0.2) is 96.7 Å². The van der Waals surface area contributed by atoms with Gasteiger partial charge in [0.1, 0.15) is 19.3 Å². The molecule has 0 aliphatic heterocycles. The van der Waals surface area contributed by atoms with E-state index in [0.29, 0.717) is 25.7 Å². The molecule has 0 fully saturated rings. The van der Waals surface area contributed by atoms with E-state index in [2.05, 4.69) is 41.5 Å². The molecule has 3 N–H and O–H groups in total. The lowest BCUT2D eigenvalue weighted by atomic mass is 10.0. The molecule has 19 heteroatoms. The molecule has 0 rings (SSSR count). The molecule has 100 heavy (non-hydrogen) atoms. The Hall–Kier alpha value is -1.94. The van der Waals surface area contributed by atoms with Crippen LogP contribution in [-0.2, 0) is 65.4 Å². The molecule has 0 aromatic rings. The van der Waals surface area contributed by atoms with Gasteiger partial charge in [-0.25, -0.2) is 9.13 Å². The lowest BCUT2D eigenvalue weighted by molar-refractivity contribution is -0.161. The fraction of sp³-hybridized carbons (Fsp3) is 0.951. The summed E-state index contributed by atoms with van der Waals surface area (Å²) in [6.45, 7) is 9.65. The molecule has 0 saturated heterocycles. The first-order valence-corrected chi connectivity index (χ1v) is 45.0. The number of ether oxygens (including phenoxy) is 4. The highest BCUT2D eigenvalue weighted by atomic mass is 31.2. The first kappa shape index (κ1) is 98.1. The van der Waals surface area contributed by atoms with Gasteiger partial charge in [0.15, 0.2) is 12.2 Å². The number of phosphoric ester groups is 2. The molecule has 5 atom stereocenters. The van der Waals surface area contributed by atoms with Crippen molar-refractivity contribution < 1.29 is 80.2 Å². The highest BCUT2D eigenvalue weighted by molar-refractivity contribution is 7.47. The summed E-state index contributed by atoms with van der Waals surface area (Å²) < 4.78 is 68.7. The van der Waals surface area contributed by atoms with E-state index in [0.717, 1.165) is 102 Å². The minimum Gasteiger partial charge on any atom is -0.462 e. The highest BCUT2D eigenvalue weighted by Crippen LogP contribution is 2.45. The molecule has 0 heterocycles. The molecule has 2 unspecified atom stereocenters. The predicted octanol–water partition coefficient (Wildman–Crippen LogP) is 24.3. The number of unbranched alkanes of at least 4 members (excludes halogenated alkanes) is 50. The van der Waals surface area contributed by atoms with Gasteiger partial charge in [-0.05, 0) is 37.5 Å². The summed E-state index contributed by atoms with van der Waals surface area (Å²) in [5.41, 5.74) is 0. The van der Waals surface area contributed by atoms with E-state index < -0.39 is 97.5 Å². The maximum absolute atomic E-state index is 13.1. The average molecular weight is 1470 g/mol. The summed E-state index contributed by atoms with van der Waals surface area (Å²) in [4.78, 5) is 73.0. The quantitative estimate of drug-likeness (QED) is 0.0222. The van der Waals surface area contributed by atoms with Crippen LogP contribution in [0.1, 0.15) is 427 Å². The molecule has 17 nitrogen and oxygen atoms in total. The molecule has 0 aromatic carbocycles. The van der Waals surface area contributed by atoms with Crippen molar-refractivity contribution >= 4 is 39.5 Å². The number of rotatable bonds is 80. The Morgan fingerprint density at radius 3 is 0.680 bits per heavy atom. The summed E-state index contributed by atoms with van der Waals surface area (Å²) in [6.07, 6.45) is 62.4. The van der Waals surface area contributed by atoms with Crippen molar-refractivity contribution in [3.05, 3.63) is 0 Å². The fourth-order valence-corrected chi connectivity index (χ4v) is 14.1. The summed E-state index contributed by atoms with van der Waals surface area (Å²) in [5, 5.41) is 10.6. The Balaban J connectivity index is 5.24. The smallest absolute Gasteiger partial charge is 0.462 e. The molecular formula is C81H158O17P2. The molecule has 0 aliphatic carbocycles. The molecule has 0 aliphatic rings. The molecular weight excluding hydrogens is 1310 g/mol. The number of phosphoric acid groups is 2. The summed E-state index contributed by atoms with van der Waals surface area (Å²) in [7, 11) is -9.92. The van der Waals surface area contributed by atoms with Crippen molar-refractivity contribution in [3.63, 3.8) is 0 Å². The Bertz CT molecular complexity index is 1920. The van der Waals surface area contributed by atoms with Crippen LogP contribution in [0.5, 0.6) is 0 Å². The largest absolute Gasteiger partial charge is 0.472 e. The standard InChI is InChI=1S/C81H158O17P2/c1-7-9-11-13-15-17-19-20-21-22-23-24-25-30-35-41-47-53-59-65-80(85)97-77(70-92-79(84)64-58-52-46-40-34-29-27-26-28-32-37-43-49-55-61-73(3)4)72-96-100(89,90)94-68-75(82)67-93-99(87,88)95-71-76(69-91-78(83)63-57-51-45-39-18-16-14-12-10-8-2)98-81(86)66-60-54-48-42-36-31-33-38-44-50-56-62-74(5)6/h73-77,82H,7-72H2,1-6H3,(H,87,88)(H,89,90)/t75-,76+,77+/m0/s1. The number of carbonyl (C=O) groups is 4. The predicted molar refractivity (Wildman–Crippen MR) is 409 cm³/mol. The summed E-state index contributed by atoms with van der Waals surface area (Å²) in [5.74, 6) is -0.543. The van der Waals surface area contributed by atoms with E-state index in [1.54, 1.807) is 0 Å². The second kappa shape index (κ2) is 72.6. The molecule has 0 saturated carbocycles. The van der Waals surface area contributed by atoms with Gasteiger partial charge in [-0.1, -0.05) is 375 Å². The first-order valence-electron chi connectivity index (χ1n) is 42.0. The van der Waals surface area contributed by atoms with Gasteiger partial charge in [-0.3, -0.25) is 37.3 Å². The maximum Gasteiger partial charge on any atom is 0.472 e. The van der Waals surface area contributed by atoms with Crippen molar-refractivity contribution in [2.24, 2.45) is 11.8 Å². The van der Waals surface area contributed by atoms with E-state index >= 15 is 0 Å². The Morgan fingerprint density at radius 2 is 0.460 bits per heavy atom. The van der Waals surface area contributed by atoms with Gasteiger partial charge >= 0.3 is 39.5 Å². The van der Waals surface area contributed by atoms with Crippen LogP contribution in [0.3, 0.4) is 0 Å². The van der Waals surface area contributed by atoms with Gasteiger partial charge in [0, 0.05) is 25.7 Å². The fourth-order valence-electron chi connectivity index (χ4n) is 12.5. The van der Waals surface area contributed by atoms with Crippen LogP contribution in [0.15, 0.2) is 0 Å². The second-order valence-electron chi connectivity index (χ2n) is 30.1. The Labute approximate surface area is 613 Å². The molecule has 0 bridgehead atoms. The topological polar surface area (TPSA) is 237 Å². The van der Waals surface area contributed by atoms with Gasteiger partial charge in [0.05, 0.1) is 26.4 Å². The average Bonchev–Trinajstić information content (AvgIpc) is 0.922. The first-order chi connectivity index (χ1) is 48.4. The highest BCUT2D eigenvalue weighted by Gasteiger charge is 2.30. The number of hydrogen-bond acceptors (Lipinski definition) is 15. The van der Waals surface area contributed by atoms with E-state index in [1.165, 1.54) is 244 Å². The second-order valence-corrected chi connectivity index (χ2v) is 33.0. The summed E-state index contributed by atoms with van der Waals surface area (Å²) in [6, 6.07) is 0. The number of hydrogen-bond donors (Lipinski definition) is 3. The van der Waals surface area contributed by atoms with Crippen LogP contribution in [0.25, 0.3) is 0 Å². The van der Waals surface area contributed by atoms with Crippen molar-refractivity contribution in [3.8, 4) is 0 Å². The Kier molecular flexibility index (Phi) is 71.2. The van der Waals surface area contributed by atoms with Crippen molar-refractivity contribution in [1.29, 1.82) is 0 Å². The third-order valence-electron chi connectivity index (χ3n) is 19.0. The van der Waals surface area contributed by atoms with Crippen molar-refractivity contribution in [2.75, 3.05) is 39.6 Å². The zero-order valence-electron chi connectivity index (χ0n) is 65.5.